The van der Waals surface area contributed by atoms with Gasteiger partial charge in [0, 0.05) is 17.1 Å². The predicted octanol–water partition coefficient (Wildman–Crippen LogP) is 0.696. The van der Waals surface area contributed by atoms with Crippen molar-refractivity contribution in [2.24, 2.45) is 5.73 Å². The minimum Gasteiger partial charge on any atom is -0.394 e. The van der Waals surface area contributed by atoms with Gasteiger partial charge in [0.1, 0.15) is 11.7 Å². The summed E-state index contributed by atoms with van der Waals surface area (Å²) in [4.78, 5) is 0. The number of aliphatic hydroxyl groups excluding tert-OH is 2. The van der Waals surface area contributed by atoms with E-state index in [4.69, 9.17) is 21.4 Å². The second-order valence-corrected chi connectivity index (χ2v) is 4.60. The topological polar surface area (TPSA) is 90.3 Å². The Hall–Kier alpha value is -1.11. The van der Waals surface area contributed by atoms with Crippen LogP contribution in [0.3, 0.4) is 0 Å². The molecule has 1 unspecified atom stereocenters. The number of rotatable bonds is 6. The third-order valence-corrected chi connectivity index (χ3v) is 3.28. The summed E-state index contributed by atoms with van der Waals surface area (Å²) in [5.74, 6) is 0.174. The number of nitrogen functional groups attached to an aromatic ring is 1. The van der Waals surface area contributed by atoms with E-state index in [2.05, 4.69) is 0 Å². The third-order valence-electron chi connectivity index (χ3n) is 2.14. The van der Waals surface area contributed by atoms with Crippen LogP contribution in [-0.2, 0) is 5.75 Å². The van der Waals surface area contributed by atoms with Crippen molar-refractivity contribution in [3.63, 3.8) is 0 Å². The standard InChI is InChI=1S/C11H15FN2O2S/c12-10-3-7(11(13)14)1-2-8(10)5-17-6-9(16)4-15/h1-3,9,15-16H,4-6H2,(H3,13,14). The molecule has 1 aromatic rings. The van der Waals surface area contributed by atoms with Crippen LogP contribution in [0.4, 0.5) is 4.39 Å². The van der Waals surface area contributed by atoms with Crippen molar-refractivity contribution in [2.75, 3.05) is 12.4 Å². The van der Waals surface area contributed by atoms with Crippen LogP contribution in [0.25, 0.3) is 0 Å². The molecule has 0 fully saturated rings. The quantitative estimate of drug-likeness (QED) is 0.446. The Balaban J connectivity index is 2.57. The van der Waals surface area contributed by atoms with Gasteiger partial charge in [-0.1, -0.05) is 12.1 Å². The molecule has 0 radical (unpaired) electrons. The lowest BCUT2D eigenvalue weighted by Gasteiger charge is -2.08. The average Bonchev–Trinajstić information content (AvgIpc) is 2.30. The van der Waals surface area contributed by atoms with Gasteiger partial charge in [0.2, 0.25) is 0 Å². The van der Waals surface area contributed by atoms with Crippen LogP contribution in [0.1, 0.15) is 11.1 Å². The Morgan fingerprint density at radius 2 is 2.24 bits per heavy atom. The van der Waals surface area contributed by atoms with Crippen LogP contribution in [-0.4, -0.2) is 34.5 Å². The van der Waals surface area contributed by atoms with E-state index in [0.29, 0.717) is 22.6 Å². The van der Waals surface area contributed by atoms with Gasteiger partial charge < -0.3 is 15.9 Å². The first-order valence-corrected chi connectivity index (χ1v) is 6.19. The van der Waals surface area contributed by atoms with Gasteiger partial charge in [0.15, 0.2) is 0 Å². The number of hydrogen-bond donors (Lipinski definition) is 4. The summed E-state index contributed by atoms with van der Waals surface area (Å²) in [6.45, 7) is -0.293. The van der Waals surface area contributed by atoms with Crippen molar-refractivity contribution in [1.29, 1.82) is 5.41 Å². The van der Waals surface area contributed by atoms with E-state index in [0.717, 1.165) is 0 Å². The fourth-order valence-corrected chi connectivity index (χ4v) is 2.14. The van der Waals surface area contributed by atoms with Crippen molar-refractivity contribution in [1.82, 2.24) is 0 Å². The summed E-state index contributed by atoms with van der Waals surface area (Å²) < 4.78 is 13.5. The minimum absolute atomic E-state index is 0.168. The molecule has 0 saturated heterocycles. The maximum atomic E-state index is 13.5. The highest BCUT2D eigenvalue weighted by Crippen LogP contribution is 2.17. The Morgan fingerprint density at radius 1 is 1.53 bits per heavy atom. The molecule has 0 amide bonds. The van der Waals surface area contributed by atoms with E-state index < -0.39 is 11.9 Å². The largest absolute Gasteiger partial charge is 0.394 e. The highest BCUT2D eigenvalue weighted by atomic mass is 32.2. The lowest BCUT2D eigenvalue weighted by atomic mass is 10.1. The van der Waals surface area contributed by atoms with E-state index in [1.54, 1.807) is 12.1 Å². The fourth-order valence-electron chi connectivity index (χ4n) is 1.19. The lowest BCUT2D eigenvalue weighted by molar-refractivity contribution is 0.113. The number of aliphatic hydroxyl groups is 2. The smallest absolute Gasteiger partial charge is 0.127 e. The van der Waals surface area contributed by atoms with Crippen LogP contribution in [0.15, 0.2) is 18.2 Å². The molecule has 0 aliphatic rings. The molecule has 0 heterocycles. The second kappa shape index (κ2) is 6.58. The van der Waals surface area contributed by atoms with Crippen molar-refractivity contribution >= 4 is 17.6 Å². The highest BCUT2D eigenvalue weighted by Gasteiger charge is 2.07. The van der Waals surface area contributed by atoms with Crippen LogP contribution < -0.4 is 5.73 Å². The SMILES string of the molecule is N=C(N)c1ccc(CSCC(O)CO)c(F)c1. The first kappa shape index (κ1) is 14.0. The fraction of sp³-hybridized carbons (Fsp3) is 0.364. The molecule has 17 heavy (non-hydrogen) atoms. The number of nitrogens with one attached hydrogen (secondary N) is 1. The maximum Gasteiger partial charge on any atom is 0.127 e. The van der Waals surface area contributed by atoms with Gasteiger partial charge in [-0.05, 0) is 11.6 Å². The van der Waals surface area contributed by atoms with E-state index in [1.165, 1.54) is 17.8 Å². The molecule has 0 spiro atoms. The zero-order valence-corrected chi connectivity index (χ0v) is 10.0. The molecule has 1 rings (SSSR count). The Kier molecular flexibility index (Phi) is 5.40. The molecular formula is C11H15FN2O2S. The summed E-state index contributed by atoms with van der Waals surface area (Å²) in [6.07, 6.45) is -0.778. The Morgan fingerprint density at radius 3 is 2.76 bits per heavy atom. The van der Waals surface area contributed by atoms with E-state index in [9.17, 15) is 4.39 Å². The van der Waals surface area contributed by atoms with Gasteiger partial charge in [-0.3, -0.25) is 5.41 Å². The second-order valence-electron chi connectivity index (χ2n) is 3.57. The monoisotopic (exact) mass is 258 g/mol. The number of hydrogen-bond acceptors (Lipinski definition) is 4. The highest BCUT2D eigenvalue weighted by molar-refractivity contribution is 7.98. The van der Waals surface area contributed by atoms with Gasteiger partial charge in [-0.25, -0.2) is 4.39 Å². The van der Waals surface area contributed by atoms with Gasteiger partial charge >= 0.3 is 0 Å². The molecule has 0 aliphatic carbocycles. The molecule has 5 N–H and O–H groups in total. The molecule has 1 atom stereocenters. The third kappa shape index (κ3) is 4.33. The molecule has 4 nitrogen and oxygen atoms in total. The van der Waals surface area contributed by atoms with Crippen LogP contribution >= 0.6 is 11.8 Å². The van der Waals surface area contributed by atoms with Crippen molar-refractivity contribution in [3.8, 4) is 0 Å². The van der Waals surface area contributed by atoms with Crippen LogP contribution in [0.2, 0.25) is 0 Å². The van der Waals surface area contributed by atoms with E-state index >= 15 is 0 Å². The molecule has 0 saturated carbocycles. The maximum absolute atomic E-state index is 13.5. The lowest BCUT2D eigenvalue weighted by Crippen LogP contribution is -2.15. The number of halogens is 1. The zero-order valence-electron chi connectivity index (χ0n) is 9.19. The first-order chi connectivity index (χ1) is 8.04. The van der Waals surface area contributed by atoms with Gasteiger partial charge in [0.25, 0.3) is 0 Å². The summed E-state index contributed by atoms with van der Waals surface area (Å²) in [6, 6.07) is 4.38. The number of thioether (sulfide) groups is 1. The normalized spacial score (nSPS) is 12.4. The summed E-state index contributed by atoms with van der Waals surface area (Å²) in [5.41, 5.74) is 6.09. The number of nitrogens with two attached hydrogens (primary N) is 1. The number of amidine groups is 1. The first-order valence-electron chi connectivity index (χ1n) is 5.04. The van der Waals surface area contributed by atoms with E-state index in [-0.39, 0.29) is 12.4 Å². The molecule has 1 aromatic carbocycles. The molecule has 0 aliphatic heterocycles. The Labute approximate surface area is 103 Å². The zero-order chi connectivity index (χ0) is 12.8. The van der Waals surface area contributed by atoms with Gasteiger partial charge in [-0.15, -0.1) is 0 Å². The molecule has 0 aromatic heterocycles. The average molecular weight is 258 g/mol. The van der Waals surface area contributed by atoms with Gasteiger partial charge in [-0.2, -0.15) is 11.8 Å². The van der Waals surface area contributed by atoms with Gasteiger partial charge in [0.05, 0.1) is 12.7 Å². The minimum atomic E-state index is -0.778. The van der Waals surface area contributed by atoms with E-state index in [1.807, 2.05) is 0 Å². The Bertz CT molecular complexity index is 401. The predicted molar refractivity (Wildman–Crippen MR) is 66.7 cm³/mol. The number of benzene rings is 1. The summed E-state index contributed by atoms with van der Waals surface area (Å²) >= 11 is 1.33. The van der Waals surface area contributed by atoms with Crippen molar-refractivity contribution < 1.29 is 14.6 Å². The molecular weight excluding hydrogens is 243 g/mol. The summed E-state index contributed by atoms with van der Waals surface area (Å²) in [5, 5.41) is 24.9. The molecule has 0 bridgehead atoms. The van der Waals surface area contributed by atoms with Crippen molar-refractivity contribution in [2.45, 2.75) is 11.9 Å². The molecule has 94 valence electrons. The molecule has 6 heteroatoms. The van der Waals surface area contributed by atoms with Crippen LogP contribution in [0, 0.1) is 11.2 Å². The summed E-state index contributed by atoms with van der Waals surface area (Å²) in [7, 11) is 0. The van der Waals surface area contributed by atoms with Crippen LogP contribution in [0.5, 0.6) is 0 Å². The van der Waals surface area contributed by atoms with Crippen molar-refractivity contribution in [3.05, 3.63) is 35.1 Å².